The van der Waals surface area contributed by atoms with E-state index in [1.807, 2.05) is 0 Å². The number of hydrogen-bond acceptors (Lipinski definition) is 3. The number of anilines is 1. The fraction of sp³-hybridized carbons (Fsp3) is 0.364. The first kappa shape index (κ1) is 15.4. The molecule has 6 nitrogen and oxygen atoms in total. The van der Waals surface area contributed by atoms with Gasteiger partial charge in [-0.25, -0.2) is 4.39 Å². The molecule has 0 aliphatic carbocycles. The first-order valence-electron chi connectivity index (χ1n) is 5.44. The van der Waals surface area contributed by atoms with Crippen molar-refractivity contribution < 1.29 is 22.7 Å². The van der Waals surface area contributed by atoms with Crippen LogP contribution < -0.4 is 4.72 Å². The molecule has 0 unspecified atom stereocenters. The van der Waals surface area contributed by atoms with Crippen LogP contribution in [0.2, 0.25) is 0 Å². The van der Waals surface area contributed by atoms with E-state index in [2.05, 4.69) is 4.72 Å². The van der Waals surface area contributed by atoms with Crippen molar-refractivity contribution in [1.29, 1.82) is 0 Å². The molecule has 0 fully saturated rings. The molecule has 0 aliphatic heterocycles. The van der Waals surface area contributed by atoms with E-state index in [-0.39, 0.29) is 18.7 Å². The normalized spacial score (nSPS) is 11.6. The van der Waals surface area contributed by atoms with Gasteiger partial charge in [0.1, 0.15) is 5.82 Å². The number of nitrogens with zero attached hydrogens (tertiary/aromatic N) is 1. The van der Waals surface area contributed by atoms with E-state index < -0.39 is 22.0 Å². The highest BCUT2D eigenvalue weighted by Crippen LogP contribution is 2.18. The molecule has 0 bridgehead atoms. The topological polar surface area (TPSA) is 86.7 Å². The summed E-state index contributed by atoms with van der Waals surface area (Å²) in [6.45, 7) is 1.47. The Morgan fingerprint density at radius 1 is 1.47 bits per heavy atom. The number of carbonyl (C=O) groups is 1. The van der Waals surface area contributed by atoms with Crippen molar-refractivity contribution in [1.82, 2.24) is 4.31 Å². The molecule has 1 rings (SSSR count). The number of carboxylic acid groups (broad SMARTS) is 1. The Kier molecular flexibility index (Phi) is 4.84. The second-order valence-electron chi connectivity index (χ2n) is 4.03. The summed E-state index contributed by atoms with van der Waals surface area (Å²) in [7, 11) is -2.65. The van der Waals surface area contributed by atoms with E-state index in [1.54, 1.807) is 6.92 Å². The van der Waals surface area contributed by atoms with E-state index in [1.165, 1.54) is 19.2 Å². The lowest BCUT2D eigenvalue weighted by Gasteiger charge is -2.18. The molecule has 0 saturated carbocycles. The van der Waals surface area contributed by atoms with E-state index in [4.69, 9.17) is 5.11 Å². The van der Waals surface area contributed by atoms with Gasteiger partial charge in [-0.1, -0.05) is 6.07 Å². The van der Waals surface area contributed by atoms with Crippen molar-refractivity contribution in [3.8, 4) is 0 Å². The molecule has 2 N–H and O–H groups in total. The van der Waals surface area contributed by atoms with Crippen LogP contribution in [0.5, 0.6) is 0 Å². The third-order valence-electron chi connectivity index (χ3n) is 2.49. The Morgan fingerprint density at radius 3 is 2.68 bits per heavy atom. The first-order valence-corrected chi connectivity index (χ1v) is 6.88. The number of aryl methyl sites for hydroxylation is 1. The van der Waals surface area contributed by atoms with Gasteiger partial charge in [-0.15, -0.1) is 0 Å². The van der Waals surface area contributed by atoms with Gasteiger partial charge in [0.25, 0.3) is 0 Å². The average molecular weight is 290 g/mol. The molecule has 0 heterocycles. The third-order valence-corrected chi connectivity index (χ3v) is 3.97. The standard InChI is InChI=1S/C11H15FN2O4S/c1-8-3-4-9(12)7-10(8)13-19(17,18)14(2)6-5-11(15)16/h3-4,7,13H,5-6H2,1-2H3,(H,15,16). The van der Waals surface area contributed by atoms with Crippen molar-refractivity contribution in [3.63, 3.8) is 0 Å². The van der Waals surface area contributed by atoms with E-state index in [0.717, 1.165) is 10.4 Å². The summed E-state index contributed by atoms with van der Waals surface area (Å²) >= 11 is 0. The zero-order valence-electron chi connectivity index (χ0n) is 10.6. The number of benzene rings is 1. The molecule has 0 amide bonds. The summed E-state index contributed by atoms with van der Waals surface area (Å²) in [5.74, 6) is -1.65. The maximum absolute atomic E-state index is 13.1. The quantitative estimate of drug-likeness (QED) is 0.824. The van der Waals surface area contributed by atoms with Crippen LogP contribution in [-0.2, 0) is 15.0 Å². The zero-order chi connectivity index (χ0) is 14.6. The summed E-state index contributed by atoms with van der Waals surface area (Å²) < 4.78 is 39.9. The average Bonchev–Trinajstić information content (AvgIpc) is 2.30. The predicted octanol–water partition coefficient (Wildman–Crippen LogP) is 1.20. The van der Waals surface area contributed by atoms with Crippen molar-refractivity contribution in [2.24, 2.45) is 0 Å². The number of aliphatic carboxylic acids is 1. The van der Waals surface area contributed by atoms with Gasteiger partial charge in [0.2, 0.25) is 0 Å². The van der Waals surface area contributed by atoms with E-state index in [0.29, 0.717) is 5.56 Å². The largest absolute Gasteiger partial charge is 0.481 e. The minimum Gasteiger partial charge on any atom is -0.481 e. The maximum Gasteiger partial charge on any atom is 0.304 e. The fourth-order valence-corrected chi connectivity index (χ4v) is 2.28. The van der Waals surface area contributed by atoms with Gasteiger partial charge in [0.15, 0.2) is 0 Å². The second kappa shape index (κ2) is 5.98. The van der Waals surface area contributed by atoms with Crippen LogP contribution in [0.3, 0.4) is 0 Å². The Morgan fingerprint density at radius 2 is 2.11 bits per heavy atom. The van der Waals surface area contributed by atoms with E-state index >= 15 is 0 Å². The maximum atomic E-state index is 13.1. The molecule has 0 atom stereocenters. The summed E-state index contributed by atoms with van der Waals surface area (Å²) in [5, 5.41) is 8.51. The molecule has 0 spiro atoms. The smallest absolute Gasteiger partial charge is 0.304 e. The SMILES string of the molecule is Cc1ccc(F)cc1NS(=O)(=O)N(C)CCC(=O)O. The van der Waals surface area contributed by atoms with Crippen LogP contribution >= 0.6 is 0 Å². The molecule has 1 aromatic carbocycles. The zero-order valence-corrected chi connectivity index (χ0v) is 11.4. The lowest BCUT2D eigenvalue weighted by Crippen LogP contribution is -2.34. The number of nitrogens with one attached hydrogen (secondary N) is 1. The molecule has 0 aliphatic rings. The highest BCUT2D eigenvalue weighted by atomic mass is 32.2. The van der Waals surface area contributed by atoms with Crippen molar-refractivity contribution >= 4 is 21.9 Å². The van der Waals surface area contributed by atoms with Gasteiger partial charge in [-0.2, -0.15) is 12.7 Å². The van der Waals surface area contributed by atoms with Gasteiger partial charge in [0, 0.05) is 13.6 Å². The number of hydrogen-bond donors (Lipinski definition) is 2. The molecule has 8 heteroatoms. The summed E-state index contributed by atoms with van der Waals surface area (Å²) in [6, 6.07) is 3.74. The highest BCUT2D eigenvalue weighted by Gasteiger charge is 2.19. The van der Waals surface area contributed by atoms with Crippen molar-refractivity contribution in [2.45, 2.75) is 13.3 Å². The third kappa shape index (κ3) is 4.49. The van der Waals surface area contributed by atoms with Gasteiger partial charge in [-0.05, 0) is 24.6 Å². The molecule has 0 radical (unpaired) electrons. The Labute approximate surface area is 111 Å². The number of carboxylic acids is 1. The Bertz CT molecular complexity index is 574. The molecule has 1 aromatic rings. The van der Waals surface area contributed by atoms with Crippen LogP contribution in [0, 0.1) is 12.7 Å². The molecule has 19 heavy (non-hydrogen) atoms. The van der Waals surface area contributed by atoms with Crippen LogP contribution in [0.4, 0.5) is 10.1 Å². The van der Waals surface area contributed by atoms with Crippen molar-refractivity contribution in [3.05, 3.63) is 29.6 Å². The molecule has 106 valence electrons. The highest BCUT2D eigenvalue weighted by molar-refractivity contribution is 7.90. The van der Waals surface area contributed by atoms with Gasteiger partial charge in [-0.3, -0.25) is 9.52 Å². The minimum absolute atomic E-state index is 0.127. The van der Waals surface area contributed by atoms with Crippen LogP contribution in [-0.4, -0.2) is 37.4 Å². The molecule has 0 aromatic heterocycles. The minimum atomic E-state index is -3.89. The second-order valence-corrected chi connectivity index (χ2v) is 5.81. The first-order chi connectivity index (χ1) is 8.72. The summed E-state index contributed by atoms with van der Waals surface area (Å²) in [5.41, 5.74) is 0.693. The molecular weight excluding hydrogens is 275 g/mol. The van der Waals surface area contributed by atoms with E-state index in [9.17, 15) is 17.6 Å². The Hall–Kier alpha value is -1.67. The predicted molar refractivity (Wildman–Crippen MR) is 68.6 cm³/mol. The lowest BCUT2D eigenvalue weighted by molar-refractivity contribution is -0.137. The molecular formula is C11H15FN2O4S. The fourth-order valence-electron chi connectivity index (χ4n) is 1.29. The van der Waals surface area contributed by atoms with Gasteiger partial charge in [0.05, 0.1) is 12.1 Å². The van der Waals surface area contributed by atoms with Crippen LogP contribution in [0.1, 0.15) is 12.0 Å². The lowest BCUT2D eigenvalue weighted by atomic mass is 10.2. The summed E-state index contributed by atoms with van der Waals surface area (Å²) in [6.07, 6.45) is -0.306. The van der Waals surface area contributed by atoms with Gasteiger partial charge < -0.3 is 5.11 Å². The van der Waals surface area contributed by atoms with Crippen LogP contribution in [0.15, 0.2) is 18.2 Å². The van der Waals surface area contributed by atoms with Gasteiger partial charge >= 0.3 is 16.2 Å². The van der Waals surface area contributed by atoms with Crippen LogP contribution in [0.25, 0.3) is 0 Å². The number of halogens is 1. The monoisotopic (exact) mass is 290 g/mol. The Balaban J connectivity index is 2.84. The molecule has 0 saturated heterocycles. The number of rotatable bonds is 6. The summed E-state index contributed by atoms with van der Waals surface area (Å²) in [4.78, 5) is 10.4. The van der Waals surface area contributed by atoms with Crippen molar-refractivity contribution in [2.75, 3.05) is 18.3 Å².